The van der Waals surface area contributed by atoms with Crippen LogP contribution in [0.5, 0.6) is 0 Å². The lowest BCUT2D eigenvalue weighted by atomic mass is 9.92. The van der Waals surface area contributed by atoms with Gasteiger partial charge in [-0.2, -0.15) is 0 Å². The Morgan fingerprint density at radius 2 is 2.00 bits per heavy atom. The van der Waals surface area contributed by atoms with Gasteiger partial charge in [-0.25, -0.2) is 0 Å². The average molecular weight is 211 g/mol. The number of benzene rings is 2. The summed E-state index contributed by atoms with van der Waals surface area (Å²) in [4.78, 5) is 0. The van der Waals surface area contributed by atoms with Crippen molar-refractivity contribution in [1.82, 2.24) is 0 Å². The van der Waals surface area contributed by atoms with E-state index in [1.165, 1.54) is 34.7 Å². The third-order valence-corrected chi connectivity index (χ3v) is 3.96. The smallest absolute Gasteiger partial charge is 0.00764 e. The zero-order valence-corrected chi connectivity index (χ0v) is 9.66. The highest BCUT2D eigenvalue weighted by Gasteiger charge is 2.42. The first-order valence-corrected chi connectivity index (χ1v) is 5.95. The second-order valence-corrected chi connectivity index (χ2v) is 5.00. The predicted molar refractivity (Wildman–Crippen MR) is 68.7 cm³/mol. The molecule has 82 valence electrons. The van der Waals surface area contributed by atoms with Gasteiger partial charge in [-0.1, -0.05) is 36.4 Å². The van der Waals surface area contributed by atoms with E-state index in [1.807, 2.05) is 0 Å². The number of fused-ring (bicyclic) bond motifs is 1. The Hall–Kier alpha value is -1.34. The van der Waals surface area contributed by atoms with Crippen molar-refractivity contribution in [3.8, 4) is 0 Å². The van der Waals surface area contributed by atoms with Gasteiger partial charge in [0.15, 0.2) is 0 Å². The molecule has 1 fully saturated rings. The van der Waals surface area contributed by atoms with Crippen LogP contribution >= 0.6 is 0 Å². The van der Waals surface area contributed by atoms with Crippen molar-refractivity contribution in [3.63, 3.8) is 0 Å². The van der Waals surface area contributed by atoms with Crippen molar-refractivity contribution < 1.29 is 0 Å². The SMILES string of the molecule is Cc1cccc2ccc(C3(CN)CC3)cc12. The fourth-order valence-corrected chi connectivity index (χ4v) is 2.52. The second kappa shape index (κ2) is 3.33. The van der Waals surface area contributed by atoms with Crippen molar-refractivity contribution in [2.24, 2.45) is 5.73 Å². The summed E-state index contributed by atoms with van der Waals surface area (Å²) in [6.07, 6.45) is 2.50. The Labute approximate surface area is 96.3 Å². The molecule has 1 saturated carbocycles. The highest BCUT2D eigenvalue weighted by atomic mass is 14.7. The Morgan fingerprint density at radius 3 is 2.69 bits per heavy atom. The van der Waals surface area contributed by atoms with Crippen molar-refractivity contribution in [2.45, 2.75) is 25.2 Å². The van der Waals surface area contributed by atoms with E-state index in [0.717, 1.165) is 6.54 Å². The molecule has 0 radical (unpaired) electrons. The third-order valence-electron chi connectivity index (χ3n) is 3.96. The van der Waals surface area contributed by atoms with Gasteiger partial charge in [0.25, 0.3) is 0 Å². The van der Waals surface area contributed by atoms with Crippen molar-refractivity contribution in [3.05, 3.63) is 47.5 Å². The van der Waals surface area contributed by atoms with E-state index in [4.69, 9.17) is 5.73 Å². The minimum atomic E-state index is 0.302. The van der Waals surface area contributed by atoms with Crippen LogP contribution in [0, 0.1) is 6.92 Å². The first-order valence-electron chi connectivity index (χ1n) is 5.95. The molecule has 16 heavy (non-hydrogen) atoms. The molecule has 0 saturated heterocycles. The maximum absolute atomic E-state index is 5.88. The van der Waals surface area contributed by atoms with Gasteiger partial charge in [0.2, 0.25) is 0 Å². The summed E-state index contributed by atoms with van der Waals surface area (Å²) in [7, 11) is 0. The van der Waals surface area contributed by atoms with Crippen LogP contribution in [-0.4, -0.2) is 6.54 Å². The number of hydrogen-bond donors (Lipinski definition) is 1. The fourth-order valence-electron chi connectivity index (χ4n) is 2.52. The quantitative estimate of drug-likeness (QED) is 0.811. The molecule has 1 aliphatic carbocycles. The molecular weight excluding hydrogens is 194 g/mol. The monoisotopic (exact) mass is 211 g/mol. The summed E-state index contributed by atoms with van der Waals surface area (Å²) in [6, 6.07) is 13.3. The van der Waals surface area contributed by atoms with Gasteiger partial charge in [0, 0.05) is 12.0 Å². The summed E-state index contributed by atoms with van der Waals surface area (Å²) in [5.41, 5.74) is 8.97. The van der Waals surface area contributed by atoms with Gasteiger partial charge < -0.3 is 5.73 Å². The van der Waals surface area contributed by atoms with Crippen LogP contribution < -0.4 is 5.73 Å². The topological polar surface area (TPSA) is 26.0 Å². The van der Waals surface area contributed by atoms with E-state index in [2.05, 4.69) is 43.3 Å². The molecule has 1 nitrogen and oxygen atoms in total. The summed E-state index contributed by atoms with van der Waals surface area (Å²) in [5.74, 6) is 0. The van der Waals surface area contributed by atoms with E-state index in [-0.39, 0.29) is 0 Å². The van der Waals surface area contributed by atoms with Crippen molar-refractivity contribution >= 4 is 10.8 Å². The Morgan fingerprint density at radius 1 is 1.19 bits per heavy atom. The standard InChI is InChI=1S/C15H17N/c1-11-3-2-4-12-5-6-13(9-14(11)12)15(10-16)7-8-15/h2-6,9H,7-8,10,16H2,1H3. The van der Waals surface area contributed by atoms with E-state index in [1.54, 1.807) is 0 Å². The van der Waals surface area contributed by atoms with E-state index < -0.39 is 0 Å². The van der Waals surface area contributed by atoms with Gasteiger partial charge in [-0.05, 0) is 41.7 Å². The van der Waals surface area contributed by atoms with Crippen molar-refractivity contribution in [1.29, 1.82) is 0 Å². The molecule has 0 amide bonds. The summed E-state index contributed by atoms with van der Waals surface area (Å²) < 4.78 is 0. The number of aryl methyl sites for hydroxylation is 1. The van der Waals surface area contributed by atoms with Gasteiger partial charge >= 0.3 is 0 Å². The zero-order valence-electron chi connectivity index (χ0n) is 9.66. The maximum Gasteiger partial charge on any atom is 0.00764 e. The Kier molecular flexibility index (Phi) is 2.05. The molecule has 2 N–H and O–H groups in total. The molecule has 1 heteroatoms. The van der Waals surface area contributed by atoms with Crippen LogP contribution in [-0.2, 0) is 5.41 Å². The molecule has 0 spiro atoms. The van der Waals surface area contributed by atoms with Gasteiger partial charge in [-0.3, -0.25) is 0 Å². The fraction of sp³-hybridized carbons (Fsp3) is 0.333. The van der Waals surface area contributed by atoms with Crippen LogP contribution in [0.4, 0.5) is 0 Å². The normalized spacial score (nSPS) is 17.6. The molecule has 1 aliphatic rings. The van der Waals surface area contributed by atoms with Crippen LogP contribution in [0.2, 0.25) is 0 Å². The van der Waals surface area contributed by atoms with Gasteiger partial charge in [-0.15, -0.1) is 0 Å². The summed E-state index contributed by atoms with van der Waals surface area (Å²) in [6.45, 7) is 2.96. The minimum Gasteiger partial charge on any atom is -0.330 e. The lowest BCUT2D eigenvalue weighted by Crippen LogP contribution is -2.19. The Bertz CT molecular complexity index is 538. The second-order valence-electron chi connectivity index (χ2n) is 5.00. The van der Waals surface area contributed by atoms with E-state index in [0.29, 0.717) is 5.41 Å². The largest absolute Gasteiger partial charge is 0.330 e. The van der Waals surface area contributed by atoms with Crippen molar-refractivity contribution in [2.75, 3.05) is 6.54 Å². The lowest BCUT2D eigenvalue weighted by Gasteiger charge is -2.14. The first kappa shape index (κ1) is 9.86. The number of nitrogens with two attached hydrogens (primary N) is 1. The summed E-state index contributed by atoms with van der Waals surface area (Å²) in [5, 5.41) is 2.70. The minimum absolute atomic E-state index is 0.302. The molecule has 0 aromatic heterocycles. The maximum atomic E-state index is 5.88. The van der Waals surface area contributed by atoms with Crippen LogP contribution in [0.1, 0.15) is 24.0 Å². The molecule has 0 aliphatic heterocycles. The molecule has 2 aromatic carbocycles. The Balaban J connectivity index is 2.19. The lowest BCUT2D eigenvalue weighted by molar-refractivity contribution is 0.706. The number of hydrogen-bond acceptors (Lipinski definition) is 1. The molecule has 0 unspecified atom stereocenters. The van der Waals surface area contributed by atoms with Crippen LogP contribution in [0.3, 0.4) is 0 Å². The average Bonchev–Trinajstić information content (AvgIpc) is 3.10. The third kappa shape index (κ3) is 1.35. The molecule has 0 bridgehead atoms. The van der Waals surface area contributed by atoms with Crippen LogP contribution in [0.15, 0.2) is 36.4 Å². The van der Waals surface area contributed by atoms with Crippen LogP contribution in [0.25, 0.3) is 10.8 Å². The van der Waals surface area contributed by atoms with E-state index >= 15 is 0 Å². The molecule has 3 rings (SSSR count). The highest BCUT2D eigenvalue weighted by molar-refractivity contribution is 5.86. The number of rotatable bonds is 2. The molecule has 2 aromatic rings. The highest BCUT2D eigenvalue weighted by Crippen LogP contribution is 2.47. The van der Waals surface area contributed by atoms with Gasteiger partial charge in [0.1, 0.15) is 0 Å². The predicted octanol–water partition coefficient (Wildman–Crippen LogP) is 3.14. The molecular formula is C15H17N. The van der Waals surface area contributed by atoms with E-state index in [9.17, 15) is 0 Å². The molecule has 0 atom stereocenters. The summed E-state index contributed by atoms with van der Waals surface area (Å²) >= 11 is 0. The zero-order chi connectivity index (χ0) is 11.2. The molecule has 0 heterocycles. The van der Waals surface area contributed by atoms with Gasteiger partial charge in [0.05, 0.1) is 0 Å². The first-order chi connectivity index (χ1) is 7.75.